The second kappa shape index (κ2) is 8.24. The van der Waals surface area contributed by atoms with E-state index in [1.807, 2.05) is 30.3 Å². The molecule has 0 unspecified atom stereocenters. The Balaban J connectivity index is 1.70. The van der Waals surface area contributed by atoms with Gasteiger partial charge in [0.05, 0.1) is 0 Å². The molecule has 0 saturated heterocycles. The highest BCUT2D eigenvalue weighted by atomic mass is 19.1. The first-order valence-electron chi connectivity index (χ1n) is 8.34. The second-order valence-electron chi connectivity index (χ2n) is 5.71. The van der Waals surface area contributed by atoms with Gasteiger partial charge in [0.15, 0.2) is 0 Å². The van der Waals surface area contributed by atoms with Gasteiger partial charge in [0.1, 0.15) is 23.8 Å². The fourth-order valence-electron chi connectivity index (χ4n) is 2.60. The van der Waals surface area contributed by atoms with Crippen LogP contribution in [0, 0.1) is 5.82 Å². The van der Waals surface area contributed by atoms with E-state index in [0.717, 1.165) is 18.9 Å². The first-order valence-corrected chi connectivity index (χ1v) is 8.34. The van der Waals surface area contributed by atoms with E-state index in [1.165, 1.54) is 18.0 Å². The molecule has 3 rings (SSSR count). The molecular formula is C20H21FN4. The topological polar surface area (TPSA) is 41.0 Å². The highest BCUT2D eigenvalue weighted by Crippen LogP contribution is 2.18. The molecule has 0 fully saturated rings. The van der Waals surface area contributed by atoms with Crippen molar-refractivity contribution >= 4 is 11.6 Å². The smallest absolute Gasteiger partial charge is 0.134 e. The zero-order chi connectivity index (χ0) is 17.5. The van der Waals surface area contributed by atoms with Crippen molar-refractivity contribution in [3.05, 3.63) is 83.9 Å². The molecule has 0 amide bonds. The highest BCUT2D eigenvalue weighted by Gasteiger charge is 2.08. The quantitative estimate of drug-likeness (QED) is 0.700. The van der Waals surface area contributed by atoms with Crippen LogP contribution in [-0.4, -0.2) is 16.5 Å². The van der Waals surface area contributed by atoms with Crippen molar-refractivity contribution in [3.63, 3.8) is 0 Å². The fraction of sp³-hybridized carbons (Fsp3) is 0.200. The normalized spacial score (nSPS) is 10.5. The van der Waals surface area contributed by atoms with Gasteiger partial charge in [-0.15, -0.1) is 0 Å². The van der Waals surface area contributed by atoms with Gasteiger partial charge in [-0.1, -0.05) is 48.5 Å². The summed E-state index contributed by atoms with van der Waals surface area (Å²) in [5.74, 6) is 1.31. The summed E-state index contributed by atoms with van der Waals surface area (Å²) in [4.78, 5) is 10.8. The highest BCUT2D eigenvalue weighted by molar-refractivity contribution is 5.49. The summed E-state index contributed by atoms with van der Waals surface area (Å²) in [6.45, 7) is 4.09. The van der Waals surface area contributed by atoms with Crippen molar-refractivity contribution in [3.8, 4) is 0 Å². The number of hydrogen-bond acceptors (Lipinski definition) is 4. The third kappa shape index (κ3) is 4.53. The zero-order valence-electron chi connectivity index (χ0n) is 14.2. The minimum absolute atomic E-state index is 0.219. The Morgan fingerprint density at radius 2 is 1.76 bits per heavy atom. The largest absolute Gasteiger partial charge is 0.366 e. The predicted molar refractivity (Wildman–Crippen MR) is 98.9 cm³/mol. The number of nitrogens with zero attached hydrogens (tertiary/aromatic N) is 3. The molecule has 128 valence electrons. The molecule has 0 aliphatic rings. The first-order chi connectivity index (χ1) is 12.3. The van der Waals surface area contributed by atoms with Gasteiger partial charge in [-0.05, 0) is 18.6 Å². The molecule has 0 saturated carbocycles. The minimum Gasteiger partial charge on any atom is -0.366 e. The van der Waals surface area contributed by atoms with E-state index in [-0.39, 0.29) is 5.82 Å². The molecule has 0 aliphatic heterocycles. The summed E-state index contributed by atoms with van der Waals surface area (Å²) in [6, 6.07) is 18.9. The number of anilines is 2. The van der Waals surface area contributed by atoms with Crippen molar-refractivity contribution in [2.45, 2.75) is 20.0 Å². The van der Waals surface area contributed by atoms with E-state index >= 15 is 0 Å². The average molecular weight is 336 g/mol. The summed E-state index contributed by atoms with van der Waals surface area (Å²) in [5, 5.41) is 3.17. The molecule has 0 atom stereocenters. The zero-order valence-corrected chi connectivity index (χ0v) is 14.2. The predicted octanol–water partition coefficient (Wildman–Crippen LogP) is 4.25. The van der Waals surface area contributed by atoms with Crippen molar-refractivity contribution in [2.75, 3.05) is 16.8 Å². The lowest BCUT2D eigenvalue weighted by atomic mass is 10.2. The van der Waals surface area contributed by atoms with E-state index < -0.39 is 0 Å². The average Bonchev–Trinajstić information content (AvgIpc) is 2.66. The van der Waals surface area contributed by atoms with Crippen LogP contribution in [0.1, 0.15) is 18.1 Å². The molecular weight excluding hydrogens is 315 g/mol. The number of benzene rings is 2. The molecule has 0 radical (unpaired) electrons. The van der Waals surface area contributed by atoms with Crippen LogP contribution in [0.4, 0.5) is 16.0 Å². The number of halogens is 1. The van der Waals surface area contributed by atoms with Crippen LogP contribution in [0.25, 0.3) is 0 Å². The van der Waals surface area contributed by atoms with E-state index in [0.29, 0.717) is 17.9 Å². The van der Waals surface area contributed by atoms with E-state index in [9.17, 15) is 4.39 Å². The molecule has 2 aromatic carbocycles. The van der Waals surface area contributed by atoms with Crippen LogP contribution in [0.2, 0.25) is 0 Å². The van der Waals surface area contributed by atoms with Gasteiger partial charge >= 0.3 is 0 Å². The summed E-state index contributed by atoms with van der Waals surface area (Å²) < 4.78 is 13.7. The Bertz CT molecular complexity index is 808. The first kappa shape index (κ1) is 16.9. The van der Waals surface area contributed by atoms with Crippen LogP contribution in [0.5, 0.6) is 0 Å². The van der Waals surface area contributed by atoms with Crippen molar-refractivity contribution < 1.29 is 4.39 Å². The van der Waals surface area contributed by atoms with E-state index in [2.05, 4.69) is 39.2 Å². The molecule has 1 aromatic heterocycles. The van der Waals surface area contributed by atoms with Gasteiger partial charge in [-0.25, -0.2) is 14.4 Å². The lowest BCUT2D eigenvalue weighted by molar-refractivity contribution is 0.613. The maximum absolute atomic E-state index is 13.7. The van der Waals surface area contributed by atoms with Gasteiger partial charge in [-0.2, -0.15) is 0 Å². The molecule has 25 heavy (non-hydrogen) atoms. The standard InChI is InChI=1S/C20H21FN4/c1-2-25(14-16-8-4-3-5-9-16)20-12-19(23-15-24-20)22-13-17-10-6-7-11-18(17)21/h3-12,15H,2,13-14H2,1H3,(H,22,23,24). The third-order valence-electron chi connectivity index (χ3n) is 3.99. The lowest BCUT2D eigenvalue weighted by Gasteiger charge is -2.22. The SMILES string of the molecule is CCN(Cc1ccccc1)c1cc(NCc2ccccc2F)ncn1. The molecule has 0 spiro atoms. The molecule has 3 aromatic rings. The van der Waals surface area contributed by atoms with Crippen LogP contribution in [0.3, 0.4) is 0 Å². The molecule has 1 heterocycles. The number of hydrogen-bond donors (Lipinski definition) is 1. The fourth-order valence-corrected chi connectivity index (χ4v) is 2.60. The molecule has 0 aliphatic carbocycles. The molecule has 1 N–H and O–H groups in total. The maximum atomic E-state index is 13.7. The second-order valence-corrected chi connectivity index (χ2v) is 5.71. The summed E-state index contributed by atoms with van der Waals surface area (Å²) >= 11 is 0. The van der Waals surface area contributed by atoms with E-state index in [1.54, 1.807) is 12.1 Å². The van der Waals surface area contributed by atoms with Crippen molar-refractivity contribution in [1.82, 2.24) is 9.97 Å². The van der Waals surface area contributed by atoms with Gasteiger partial charge < -0.3 is 10.2 Å². The number of aromatic nitrogens is 2. The van der Waals surface area contributed by atoms with Crippen LogP contribution < -0.4 is 10.2 Å². The van der Waals surface area contributed by atoms with E-state index in [4.69, 9.17) is 0 Å². The van der Waals surface area contributed by atoms with Crippen LogP contribution >= 0.6 is 0 Å². The van der Waals surface area contributed by atoms with Crippen molar-refractivity contribution in [1.29, 1.82) is 0 Å². The van der Waals surface area contributed by atoms with Crippen LogP contribution in [0.15, 0.2) is 67.0 Å². The van der Waals surface area contributed by atoms with Gasteiger partial charge in [0.25, 0.3) is 0 Å². The summed E-state index contributed by atoms with van der Waals surface area (Å²) in [5.41, 5.74) is 1.84. The minimum atomic E-state index is -0.219. The monoisotopic (exact) mass is 336 g/mol. The van der Waals surface area contributed by atoms with Gasteiger partial charge in [0, 0.05) is 31.3 Å². The lowest BCUT2D eigenvalue weighted by Crippen LogP contribution is -2.23. The van der Waals surface area contributed by atoms with Crippen molar-refractivity contribution in [2.24, 2.45) is 0 Å². The Morgan fingerprint density at radius 1 is 1.00 bits per heavy atom. The third-order valence-corrected chi connectivity index (χ3v) is 3.99. The Morgan fingerprint density at radius 3 is 2.52 bits per heavy atom. The molecule has 4 nitrogen and oxygen atoms in total. The molecule has 0 bridgehead atoms. The summed E-state index contributed by atoms with van der Waals surface area (Å²) in [7, 11) is 0. The summed E-state index contributed by atoms with van der Waals surface area (Å²) in [6.07, 6.45) is 1.53. The van der Waals surface area contributed by atoms with Gasteiger partial charge in [-0.3, -0.25) is 0 Å². The Kier molecular flexibility index (Phi) is 5.57. The van der Waals surface area contributed by atoms with Gasteiger partial charge in [0.2, 0.25) is 0 Å². The Labute approximate surface area is 147 Å². The maximum Gasteiger partial charge on any atom is 0.134 e. The van der Waals surface area contributed by atoms with Crippen LogP contribution in [-0.2, 0) is 13.1 Å². The molecule has 5 heteroatoms. The number of rotatable bonds is 7. The number of nitrogens with one attached hydrogen (secondary N) is 1. The Hall–Kier alpha value is -2.95.